The van der Waals surface area contributed by atoms with Crippen LogP contribution < -0.4 is 11.1 Å². The molecule has 0 aliphatic rings. The predicted molar refractivity (Wildman–Crippen MR) is 66.8 cm³/mol. The average Bonchev–Trinajstić information content (AvgIpc) is 2.29. The third-order valence-electron chi connectivity index (χ3n) is 2.09. The van der Waals surface area contributed by atoms with Crippen LogP contribution in [0.2, 0.25) is 0 Å². The van der Waals surface area contributed by atoms with Gasteiger partial charge in [-0.15, -0.1) is 0 Å². The fraction of sp³-hybridized carbons (Fsp3) is 0.300. The van der Waals surface area contributed by atoms with Crippen molar-refractivity contribution < 1.29 is 9.72 Å². The highest BCUT2D eigenvalue weighted by molar-refractivity contribution is 9.10. The van der Waals surface area contributed by atoms with Crippen LogP contribution in [0.1, 0.15) is 16.8 Å². The van der Waals surface area contributed by atoms with Gasteiger partial charge in [-0.3, -0.25) is 14.9 Å². The lowest BCUT2D eigenvalue weighted by atomic mass is 10.2. The van der Waals surface area contributed by atoms with E-state index < -0.39 is 4.92 Å². The molecule has 0 unspecified atom stereocenters. The third kappa shape index (κ3) is 3.50. The summed E-state index contributed by atoms with van der Waals surface area (Å²) in [6.07, 6.45) is 0.665. The lowest BCUT2D eigenvalue weighted by molar-refractivity contribution is -0.385. The van der Waals surface area contributed by atoms with Crippen LogP contribution in [0.3, 0.4) is 0 Å². The Kier molecular flexibility index (Phi) is 5.05. The van der Waals surface area contributed by atoms with Crippen molar-refractivity contribution in [2.75, 3.05) is 13.1 Å². The Labute approximate surface area is 106 Å². The number of rotatable bonds is 5. The smallest absolute Gasteiger partial charge is 0.284 e. The quantitative estimate of drug-likeness (QED) is 0.488. The number of nitro benzene ring substituents is 1. The Morgan fingerprint density at radius 1 is 1.53 bits per heavy atom. The Hall–Kier alpha value is -1.47. The second kappa shape index (κ2) is 6.31. The van der Waals surface area contributed by atoms with Gasteiger partial charge in [0.05, 0.1) is 10.5 Å². The van der Waals surface area contributed by atoms with Gasteiger partial charge in [0, 0.05) is 12.6 Å². The predicted octanol–water partition coefficient (Wildman–Crippen LogP) is 1.44. The first-order chi connectivity index (χ1) is 8.07. The van der Waals surface area contributed by atoms with Gasteiger partial charge in [-0.2, -0.15) is 0 Å². The topological polar surface area (TPSA) is 98.3 Å². The van der Waals surface area contributed by atoms with Gasteiger partial charge in [-0.1, -0.05) is 6.07 Å². The molecule has 0 aliphatic heterocycles. The molecule has 0 spiro atoms. The second-order valence-electron chi connectivity index (χ2n) is 3.29. The van der Waals surface area contributed by atoms with Gasteiger partial charge in [-0.05, 0) is 35.0 Å². The van der Waals surface area contributed by atoms with Crippen LogP contribution in [0.15, 0.2) is 22.7 Å². The molecule has 1 rings (SSSR count). The van der Waals surface area contributed by atoms with E-state index in [1.807, 2.05) is 0 Å². The summed E-state index contributed by atoms with van der Waals surface area (Å²) in [7, 11) is 0. The van der Waals surface area contributed by atoms with Crippen LogP contribution in [0, 0.1) is 10.1 Å². The van der Waals surface area contributed by atoms with Gasteiger partial charge in [-0.25, -0.2) is 0 Å². The molecular weight excluding hydrogens is 290 g/mol. The number of amides is 1. The van der Waals surface area contributed by atoms with E-state index in [1.165, 1.54) is 18.2 Å². The SMILES string of the molecule is NCCCNC(=O)c1cccc([N+](=O)[O-])c1Br. The number of nitrogens with zero attached hydrogens (tertiary/aromatic N) is 1. The van der Waals surface area contributed by atoms with Crippen molar-refractivity contribution in [3.8, 4) is 0 Å². The van der Waals surface area contributed by atoms with Crippen molar-refractivity contribution in [3.05, 3.63) is 38.3 Å². The van der Waals surface area contributed by atoms with Crippen molar-refractivity contribution in [1.82, 2.24) is 5.32 Å². The molecule has 6 nitrogen and oxygen atoms in total. The molecule has 1 aromatic carbocycles. The number of benzene rings is 1. The Morgan fingerprint density at radius 2 is 2.24 bits per heavy atom. The first-order valence-electron chi connectivity index (χ1n) is 4.99. The van der Waals surface area contributed by atoms with E-state index in [0.29, 0.717) is 19.5 Å². The molecular formula is C10H12BrN3O3. The van der Waals surface area contributed by atoms with Gasteiger partial charge in [0.25, 0.3) is 11.6 Å². The molecule has 0 saturated carbocycles. The van der Waals surface area contributed by atoms with E-state index in [2.05, 4.69) is 21.2 Å². The summed E-state index contributed by atoms with van der Waals surface area (Å²) in [5.74, 6) is -0.353. The van der Waals surface area contributed by atoms with E-state index in [9.17, 15) is 14.9 Å². The minimum absolute atomic E-state index is 0.128. The van der Waals surface area contributed by atoms with Crippen molar-refractivity contribution >= 4 is 27.5 Å². The van der Waals surface area contributed by atoms with E-state index >= 15 is 0 Å². The standard InChI is InChI=1S/C10H12BrN3O3/c11-9-7(10(15)13-6-2-5-12)3-1-4-8(9)14(16)17/h1,3-4H,2,5-6,12H2,(H,13,15). The van der Waals surface area contributed by atoms with Crippen molar-refractivity contribution in [2.45, 2.75) is 6.42 Å². The van der Waals surface area contributed by atoms with Gasteiger partial charge < -0.3 is 11.1 Å². The monoisotopic (exact) mass is 301 g/mol. The van der Waals surface area contributed by atoms with Gasteiger partial charge in [0.15, 0.2) is 0 Å². The summed E-state index contributed by atoms with van der Waals surface area (Å²) in [5.41, 5.74) is 5.42. The van der Waals surface area contributed by atoms with Crippen LogP contribution in [0.5, 0.6) is 0 Å². The second-order valence-corrected chi connectivity index (χ2v) is 4.09. The number of nitrogens with two attached hydrogens (primary N) is 1. The van der Waals surface area contributed by atoms with E-state index in [1.54, 1.807) is 0 Å². The highest BCUT2D eigenvalue weighted by Gasteiger charge is 2.18. The first-order valence-corrected chi connectivity index (χ1v) is 5.78. The summed E-state index contributed by atoms with van der Waals surface area (Å²) in [6.45, 7) is 0.931. The van der Waals surface area contributed by atoms with Crippen LogP contribution in [0.4, 0.5) is 5.69 Å². The van der Waals surface area contributed by atoms with Gasteiger partial charge in [0.2, 0.25) is 0 Å². The number of carbonyl (C=O) groups is 1. The van der Waals surface area contributed by atoms with Gasteiger partial charge >= 0.3 is 0 Å². The number of nitro groups is 1. The van der Waals surface area contributed by atoms with Crippen LogP contribution in [-0.2, 0) is 0 Å². The summed E-state index contributed by atoms with van der Waals surface area (Å²) in [4.78, 5) is 21.9. The number of halogens is 1. The minimum Gasteiger partial charge on any atom is -0.352 e. The highest BCUT2D eigenvalue weighted by Crippen LogP contribution is 2.28. The number of nitrogens with one attached hydrogen (secondary N) is 1. The lowest BCUT2D eigenvalue weighted by Gasteiger charge is -2.06. The Morgan fingerprint density at radius 3 is 2.82 bits per heavy atom. The zero-order chi connectivity index (χ0) is 12.8. The van der Waals surface area contributed by atoms with E-state index in [-0.39, 0.29) is 21.6 Å². The lowest BCUT2D eigenvalue weighted by Crippen LogP contribution is -2.26. The van der Waals surface area contributed by atoms with Crippen molar-refractivity contribution in [3.63, 3.8) is 0 Å². The normalized spacial score (nSPS) is 10.0. The molecule has 0 bridgehead atoms. The van der Waals surface area contributed by atoms with Crippen molar-refractivity contribution in [1.29, 1.82) is 0 Å². The molecule has 17 heavy (non-hydrogen) atoms. The van der Waals surface area contributed by atoms with E-state index in [0.717, 1.165) is 0 Å². The molecule has 0 atom stereocenters. The van der Waals surface area contributed by atoms with Crippen LogP contribution >= 0.6 is 15.9 Å². The summed E-state index contributed by atoms with van der Waals surface area (Å²) >= 11 is 3.06. The summed E-state index contributed by atoms with van der Waals surface area (Å²) in [6, 6.07) is 4.33. The Bertz CT molecular complexity index is 437. The van der Waals surface area contributed by atoms with E-state index in [4.69, 9.17) is 5.73 Å². The maximum Gasteiger partial charge on any atom is 0.284 e. The number of hydrogen-bond donors (Lipinski definition) is 2. The largest absolute Gasteiger partial charge is 0.352 e. The molecule has 1 aromatic rings. The van der Waals surface area contributed by atoms with Crippen molar-refractivity contribution in [2.24, 2.45) is 5.73 Å². The molecule has 0 radical (unpaired) electrons. The maximum atomic E-state index is 11.7. The maximum absolute atomic E-state index is 11.7. The van der Waals surface area contributed by atoms with Crippen LogP contribution in [-0.4, -0.2) is 23.9 Å². The fourth-order valence-electron chi connectivity index (χ4n) is 1.24. The Balaban J connectivity index is 2.87. The molecule has 92 valence electrons. The zero-order valence-electron chi connectivity index (χ0n) is 8.98. The van der Waals surface area contributed by atoms with Crippen LogP contribution in [0.25, 0.3) is 0 Å². The minimum atomic E-state index is -0.541. The number of hydrogen-bond acceptors (Lipinski definition) is 4. The number of carbonyl (C=O) groups excluding carboxylic acids is 1. The molecule has 0 heterocycles. The molecule has 0 aliphatic carbocycles. The zero-order valence-corrected chi connectivity index (χ0v) is 10.6. The average molecular weight is 302 g/mol. The molecule has 1 amide bonds. The summed E-state index contributed by atoms with van der Waals surface area (Å²) in [5, 5.41) is 13.3. The molecule has 0 aromatic heterocycles. The molecule has 3 N–H and O–H groups in total. The van der Waals surface area contributed by atoms with Gasteiger partial charge in [0.1, 0.15) is 4.47 Å². The fourth-order valence-corrected chi connectivity index (χ4v) is 1.82. The first kappa shape index (κ1) is 13.6. The highest BCUT2D eigenvalue weighted by atomic mass is 79.9. The molecule has 7 heteroatoms. The molecule has 0 saturated heterocycles. The molecule has 0 fully saturated rings. The third-order valence-corrected chi connectivity index (χ3v) is 2.92. The summed E-state index contributed by atoms with van der Waals surface area (Å²) < 4.78 is 0.190.